The van der Waals surface area contributed by atoms with Crippen LogP contribution < -0.4 is 11.3 Å². The zero-order chi connectivity index (χ0) is 11.5. The average Bonchev–Trinajstić information content (AvgIpc) is 2.60. The third kappa shape index (κ3) is 3.28. The topological polar surface area (TPSA) is 38.0 Å². The van der Waals surface area contributed by atoms with E-state index in [9.17, 15) is 0 Å². The normalized spacial score (nSPS) is 14.2. The molecule has 0 aliphatic carbocycles. The smallest absolute Gasteiger partial charge is 0.0314 e. The van der Waals surface area contributed by atoms with Gasteiger partial charge in [-0.2, -0.15) is 0 Å². The quantitative estimate of drug-likeness (QED) is 0.645. The summed E-state index contributed by atoms with van der Waals surface area (Å²) in [6.07, 6.45) is 2.10. The van der Waals surface area contributed by atoms with Crippen molar-refractivity contribution in [1.82, 2.24) is 5.43 Å². The predicted octanol–water partition coefficient (Wildman–Crippen LogP) is 3.32. The minimum absolute atomic E-state index is 0.220. The Labute approximate surface area is 104 Å². The molecule has 4 heteroatoms. The van der Waals surface area contributed by atoms with Crippen LogP contribution in [0.2, 0.25) is 0 Å². The largest absolute Gasteiger partial charge is 0.271 e. The maximum absolute atomic E-state index is 5.64. The van der Waals surface area contributed by atoms with Crippen LogP contribution in [0.15, 0.2) is 15.9 Å². The van der Waals surface area contributed by atoms with Crippen molar-refractivity contribution in [2.45, 2.75) is 39.7 Å². The van der Waals surface area contributed by atoms with E-state index in [1.54, 1.807) is 11.3 Å². The van der Waals surface area contributed by atoms with Crippen molar-refractivity contribution in [3.63, 3.8) is 0 Å². The van der Waals surface area contributed by atoms with E-state index in [0.717, 1.165) is 12.8 Å². The Morgan fingerprint density at radius 2 is 2.27 bits per heavy atom. The van der Waals surface area contributed by atoms with Crippen LogP contribution in [-0.2, 0) is 6.42 Å². The van der Waals surface area contributed by atoms with Crippen LogP contribution in [0.1, 0.15) is 32.1 Å². The van der Waals surface area contributed by atoms with Gasteiger partial charge in [0.1, 0.15) is 0 Å². The molecule has 1 unspecified atom stereocenters. The number of nitrogens with two attached hydrogens (primary N) is 1. The maximum Gasteiger partial charge on any atom is 0.0314 e. The van der Waals surface area contributed by atoms with Crippen molar-refractivity contribution >= 4 is 27.3 Å². The fourth-order valence-electron chi connectivity index (χ4n) is 1.46. The second-order valence-electron chi connectivity index (χ2n) is 4.46. The number of halogens is 1. The first-order chi connectivity index (χ1) is 7.01. The Hall–Kier alpha value is 0.1000. The lowest BCUT2D eigenvalue weighted by molar-refractivity contribution is 0.232. The van der Waals surface area contributed by atoms with Crippen molar-refractivity contribution in [1.29, 1.82) is 0 Å². The monoisotopic (exact) mass is 290 g/mol. The molecule has 2 nitrogen and oxygen atoms in total. The Kier molecular flexibility index (Phi) is 4.77. The molecule has 0 aliphatic rings. The molecule has 0 aromatic carbocycles. The van der Waals surface area contributed by atoms with Crippen LogP contribution in [0.25, 0.3) is 0 Å². The highest BCUT2D eigenvalue weighted by Gasteiger charge is 2.27. The van der Waals surface area contributed by atoms with E-state index in [1.165, 1.54) is 9.35 Å². The number of nitrogens with one attached hydrogen (secondary N) is 1. The Morgan fingerprint density at radius 1 is 1.60 bits per heavy atom. The lowest BCUT2D eigenvalue weighted by Crippen LogP contribution is -2.46. The van der Waals surface area contributed by atoms with Gasteiger partial charge in [0.15, 0.2) is 0 Å². The van der Waals surface area contributed by atoms with E-state index in [2.05, 4.69) is 53.6 Å². The first-order valence-corrected chi connectivity index (χ1v) is 6.86. The summed E-state index contributed by atoms with van der Waals surface area (Å²) in [4.78, 5) is 1.36. The first kappa shape index (κ1) is 13.2. The van der Waals surface area contributed by atoms with Crippen molar-refractivity contribution in [3.05, 3.63) is 20.8 Å². The van der Waals surface area contributed by atoms with Gasteiger partial charge in [0.05, 0.1) is 0 Å². The van der Waals surface area contributed by atoms with Crippen molar-refractivity contribution in [2.24, 2.45) is 11.3 Å². The molecule has 15 heavy (non-hydrogen) atoms. The van der Waals surface area contributed by atoms with Crippen LogP contribution in [0, 0.1) is 5.41 Å². The number of hydrogen-bond acceptors (Lipinski definition) is 3. The third-order valence-corrected chi connectivity index (χ3v) is 5.08. The molecular formula is C11H19BrN2S. The van der Waals surface area contributed by atoms with Crippen LogP contribution >= 0.6 is 27.3 Å². The molecule has 1 heterocycles. The van der Waals surface area contributed by atoms with Gasteiger partial charge in [-0.1, -0.05) is 20.8 Å². The van der Waals surface area contributed by atoms with E-state index in [-0.39, 0.29) is 5.41 Å². The number of rotatable bonds is 5. The lowest BCUT2D eigenvalue weighted by atomic mass is 9.80. The molecule has 1 aromatic rings. The zero-order valence-corrected chi connectivity index (χ0v) is 11.9. The molecule has 1 rings (SSSR count). The lowest BCUT2D eigenvalue weighted by Gasteiger charge is -2.32. The molecule has 86 valence electrons. The van der Waals surface area contributed by atoms with Gasteiger partial charge in [-0.05, 0) is 39.2 Å². The summed E-state index contributed by atoms with van der Waals surface area (Å²) < 4.78 is 1.19. The SMILES string of the molecule is CCC(C)(C)C(Cc1sccc1Br)NN. The Balaban J connectivity index is 2.74. The number of hydrogen-bond donors (Lipinski definition) is 2. The van der Waals surface area contributed by atoms with Crippen LogP contribution in [0.5, 0.6) is 0 Å². The number of thiophene rings is 1. The molecule has 1 atom stereocenters. The van der Waals surface area contributed by atoms with Crippen LogP contribution in [-0.4, -0.2) is 6.04 Å². The predicted molar refractivity (Wildman–Crippen MR) is 70.9 cm³/mol. The molecule has 0 spiro atoms. The molecule has 1 aromatic heterocycles. The van der Waals surface area contributed by atoms with Gasteiger partial charge in [-0.15, -0.1) is 11.3 Å². The van der Waals surface area contributed by atoms with Crippen LogP contribution in [0.3, 0.4) is 0 Å². The molecule has 0 saturated carbocycles. The van der Waals surface area contributed by atoms with Crippen molar-refractivity contribution < 1.29 is 0 Å². The molecular weight excluding hydrogens is 272 g/mol. The second kappa shape index (κ2) is 5.43. The van der Waals surface area contributed by atoms with Gasteiger partial charge in [0.25, 0.3) is 0 Å². The van der Waals surface area contributed by atoms with Gasteiger partial charge >= 0.3 is 0 Å². The minimum Gasteiger partial charge on any atom is -0.271 e. The Bertz CT molecular complexity index is 309. The molecule has 0 fully saturated rings. The van der Waals surface area contributed by atoms with Gasteiger partial charge in [-0.25, -0.2) is 0 Å². The summed E-state index contributed by atoms with van der Waals surface area (Å²) in [6, 6.07) is 2.41. The molecule has 0 radical (unpaired) electrons. The van der Waals surface area contributed by atoms with E-state index < -0.39 is 0 Å². The second-order valence-corrected chi connectivity index (χ2v) is 6.31. The van der Waals surface area contributed by atoms with E-state index in [4.69, 9.17) is 5.84 Å². The van der Waals surface area contributed by atoms with Gasteiger partial charge in [-0.3, -0.25) is 11.3 Å². The van der Waals surface area contributed by atoms with Crippen molar-refractivity contribution in [2.75, 3.05) is 0 Å². The van der Waals surface area contributed by atoms with Crippen molar-refractivity contribution in [3.8, 4) is 0 Å². The summed E-state index contributed by atoms with van der Waals surface area (Å²) in [5.74, 6) is 5.64. The van der Waals surface area contributed by atoms with Gasteiger partial charge in [0.2, 0.25) is 0 Å². The molecule has 0 bridgehead atoms. The maximum atomic E-state index is 5.64. The van der Waals surface area contributed by atoms with Gasteiger partial charge in [0, 0.05) is 21.8 Å². The summed E-state index contributed by atoms with van der Waals surface area (Å²) in [5, 5.41) is 2.10. The summed E-state index contributed by atoms with van der Waals surface area (Å²) in [6.45, 7) is 6.70. The molecule has 0 aliphatic heterocycles. The molecule has 0 amide bonds. The molecule has 3 N–H and O–H groups in total. The minimum atomic E-state index is 0.220. The van der Waals surface area contributed by atoms with E-state index in [1.807, 2.05) is 0 Å². The summed E-state index contributed by atoms with van der Waals surface area (Å²) >= 11 is 5.33. The van der Waals surface area contributed by atoms with Gasteiger partial charge < -0.3 is 0 Å². The summed E-state index contributed by atoms with van der Waals surface area (Å²) in [7, 11) is 0. The standard InChI is InChI=1S/C11H19BrN2S/c1-4-11(2,3)10(14-13)7-9-8(12)5-6-15-9/h5-6,10,14H,4,7,13H2,1-3H3. The van der Waals surface area contributed by atoms with E-state index in [0.29, 0.717) is 6.04 Å². The molecule has 0 saturated heterocycles. The highest BCUT2D eigenvalue weighted by molar-refractivity contribution is 9.10. The average molecular weight is 291 g/mol. The highest BCUT2D eigenvalue weighted by atomic mass is 79.9. The number of hydrazine groups is 1. The first-order valence-electron chi connectivity index (χ1n) is 5.19. The van der Waals surface area contributed by atoms with E-state index >= 15 is 0 Å². The third-order valence-electron chi connectivity index (χ3n) is 3.14. The Morgan fingerprint density at radius 3 is 2.67 bits per heavy atom. The fraction of sp³-hybridized carbons (Fsp3) is 0.636. The summed E-state index contributed by atoms with van der Waals surface area (Å²) in [5.41, 5.74) is 3.16. The fourth-order valence-corrected chi connectivity index (χ4v) is 3.02. The highest BCUT2D eigenvalue weighted by Crippen LogP contribution is 2.31. The zero-order valence-electron chi connectivity index (χ0n) is 9.51. The van der Waals surface area contributed by atoms with Crippen LogP contribution in [0.4, 0.5) is 0 Å².